The first kappa shape index (κ1) is 15.0. The molecule has 1 aromatic rings. The molecule has 2 atom stereocenters. The van der Waals surface area contributed by atoms with Crippen LogP contribution in [0.3, 0.4) is 0 Å². The molecule has 1 amide bonds. The van der Waals surface area contributed by atoms with Gasteiger partial charge < -0.3 is 15.2 Å². The average molecular weight is 316 g/mol. The van der Waals surface area contributed by atoms with Gasteiger partial charge in [-0.2, -0.15) is 0 Å². The maximum absolute atomic E-state index is 12.0. The molecule has 0 aliphatic carbocycles. The van der Waals surface area contributed by atoms with Crippen molar-refractivity contribution in [1.29, 1.82) is 0 Å². The van der Waals surface area contributed by atoms with Gasteiger partial charge in [0.15, 0.2) is 0 Å². The van der Waals surface area contributed by atoms with Crippen LogP contribution in [0, 0.1) is 0 Å². The molecule has 0 aliphatic rings. The van der Waals surface area contributed by atoms with Crippen molar-refractivity contribution in [2.45, 2.75) is 32.4 Å². The third-order valence-corrected chi connectivity index (χ3v) is 3.18. The van der Waals surface area contributed by atoms with Crippen molar-refractivity contribution in [2.75, 3.05) is 7.11 Å². The number of aliphatic hydroxyl groups is 1. The number of hydrogen-bond donors (Lipinski definition) is 2. The van der Waals surface area contributed by atoms with Gasteiger partial charge in [0, 0.05) is 10.5 Å². The van der Waals surface area contributed by atoms with Gasteiger partial charge in [-0.15, -0.1) is 0 Å². The number of halogens is 1. The van der Waals surface area contributed by atoms with Crippen molar-refractivity contribution < 1.29 is 14.6 Å². The molecule has 0 spiro atoms. The highest BCUT2D eigenvalue weighted by Crippen LogP contribution is 2.22. The van der Waals surface area contributed by atoms with Crippen LogP contribution in [0.4, 0.5) is 0 Å². The van der Waals surface area contributed by atoms with Crippen molar-refractivity contribution in [3.8, 4) is 5.75 Å². The summed E-state index contributed by atoms with van der Waals surface area (Å²) >= 11 is 3.34. The lowest BCUT2D eigenvalue weighted by molar-refractivity contribution is 0.0922. The minimum atomic E-state index is -0.436. The molecule has 0 saturated carbocycles. The van der Waals surface area contributed by atoms with Crippen LogP contribution in [0.15, 0.2) is 22.7 Å². The molecule has 1 rings (SSSR count). The second kappa shape index (κ2) is 6.75. The summed E-state index contributed by atoms with van der Waals surface area (Å²) in [6, 6.07) is 5.14. The van der Waals surface area contributed by atoms with E-state index in [0.717, 1.165) is 0 Å². The maximum atomic E-state index is 12.0. The Hall–Kier alpha value is -1.07. The summed E-state index contributed by atoms with van der Waals surface area (Å²) in [4.78, 5) is 12.0. The topological polar surface area (TPSA) is 58.6 Å². The number of amides is 1. The molecule has 18 heavy (non-hydrogen) atoms. The van der Waals surface area contributed by atoms with E-state index in [1.807, 2.05) is 6.92 Å². The highest BCUT2D eigenvalue weighted by Gasteiger charge is 2.14. The molecule has 0 fully saturated rings. The van der Waals surface area contributed by atoms with Gasteiger partial charge in [-0.1, -0.05) is 0 Å². The molecule has 0 saturated heterocycles. The van der Waals surface area contributed by atoms with Gasteiger partial charge in [-0.3, -0.25) is 4.79 Å². The second-order valence-corrected chi connectivity index (χ2v) is 5.16. The summed E-state index contributed by atoms with van der Waals surface area (Å²) in [6.07, 6.45) is 0.0851. The van der Waals surface area contributed by atoms with E-state index in [-0.39, 0.29) is 11.9 Å². The Labute approximate surface area is 115 Å². The SMILES string of the molecule is COc1ccc(Br)c(C(=O)NC(C)CC(C)O)c1. The van der Waals surface area contributed by atoms with E-state index in [1.165, 1.54) is 0 Å². The Morgan fingerprint density at radius 2 is 2.17 bits per heavy atom. The fourth-order valence-corrected chi connectivity index (χ4v) is 2.10. The molecule has 2 unspecified atom stereocenters. The number of nitrogens with one attached hydrogen (secondary N) is 1. The van der Waals surface area contributed by atoms with E-state index < -0.39 is 6.10 Å². The molecular formula is C13H18BrNO3. The fourth-order valence-electron chi connectivity index (χ4n) is 1.68. The minimum Gasteiger partial charge on any atom is -0.497 e. The van der Waals surface area contributed by atoms with Crippen LogP contribution in [0.5, 0.6) is 5.75 Å². The number of rotatable bonds is 5. The predicted molar refractivity (Wildman–Crippen MR) is 73.9 cm³/mol. The third-order valence-electron chi connectivity index (χ3n) is 2.49. The predicted octanol–water partition coefficient (Wildman–Crippen LogP) is 2.35. The molecule has 0 radical (unpaired) electrons. The third kappa shape index (κ3) is 4.31. The van der Waals surface area contributed by atoms with Gasteiger partial charge in [-0.25, -0.2) is 0 Å². The molecular weight excluding hydrogens is 298 g/mol. The summed E-state index contributed by atoms with van der Waals surface area (Å²) in [5.41, 5.74) is 0.520. The maximum Gasteiger partial charge on any atom is 0.252 e. The van der Waals surface area contributed by atoms with E-state index in [4.69, 9.17) is 4.74 Å². The van der Waals surface area contributed by atoms with Crippen LogP contribution in [0.25, 0.3) is 0 Å². The van der Waals surface area contributed by atoms with Crippen molar-refractivity contribution in [2.24, 2.45) is 0 Å². The van der Waals surface area contributed by atoms with Gasteiger partial charge in [0.05, 0.1) is 18.8 Å². The lowest BCUT2D eigenvalue weighted by Gasteiger charge is -2.16. The number of ether oxygens (including phenoxy) is 1. The first-order valence-electron chi connectivity index (χ1n) is 5.76. The number of carbonyl (C=O) groups excluding carboxylic acids is 1. The zero-order chi connectivity index (χ0) is 13.7. The normalized spacial score (nSPS) is 13.8. The zero-order valence-corrected chi connectivity index (χ0v) is 12.3. The smallest absolute Gasteiger partial charge is 0.252 e. The van der Waals surface area contributed by atoms with Crippen molar-refractivity contribution in [3.05, 3.63) is 28.2 Å². The van der Waals surface area contributed by atoms with Gasteiger partial charge in [0.1, 0.15) is 5.75 Å². The number of hydrogen-bond acceptors (Lipinski definition) is 3. The van der Waals surface area contributed by atoms with E-state index in [2.05, 4.69) is 21.2 Å². The van der Waals surface area contributed by atoms with E-state index in [1.54, 1.807) is 32.2 Å². The van der Waals surface area contributed by atoms with Crippen molar-refractivity contribution in [3.63, 3.8) is 0 Å². The van der Waals surface area contributed by atoms with Crippen molar-refractivity contribution >= 4 is 21.8 Å². The van der Waals surface area contributed by atoms with Gasteiger partial charge >= 0.3 is 0 Å². The van der Waals surface area contributed by atoms with Crippen LogP contribution in [-0.2, 0) is 0 Å². The van der Waals surface area contributed by atoms with E-state index in [0.29, 0.717) is 22.2 Å². The molecule has 2 N–H and O–H groups in total. The summed E-state index contributed by atoms with van der Waals surface area (Å²) in [7, 11) is 1.56. The van der Waals surface area contributed by atoms with Gasteiger partial charge in [0.2, 0.25) is 0 Å². The largest absolute Gasteiger partial charge is 0.497 e. The van der Waals surface area contributed by atoms with E-state index >= 15 is 0 Å². The molecule has 100 valence electrons. The standard InChI is InChI=1S/C13H18BrNO3/c1-8(6-9(2)16)15-13(17)11-7-10(18-3)4-5-12(11)14/h4-5,7-9,16H,6H2,1-3H3,(H,15,17). The van der Waals surface area contributed by atoms with Gasteiger partial charge in [0.25, 0.3) is 5.91 Å². The molecule has 0 aromatic heterocycles. The van der Waals surface area contributed by atoms with E-state index in [9.17, 15) is 9.90 Å². The Morgan fingerprint density at radius 3 is 2.72 bits per heavy atom. The minimum absolute atomic E-state index is 0.0874. The van der Waals surface area contributed by atoms with Crippen molar-refractivity contribution in [1.82, 2.24) is 5.32 Å². The first-order valence-corrected chi connectivity index (χ1v) is 6.55. The van der Waals surface area contributed by atoms with Crippen LogP contribution in [-0.4, -0.2) is 30.3 Å². The van der Waals surface area contributed by atoms with Gasteiger partial charge in [-0.05, 0) is 54.4 Å². The highest BCUT2D eigenvalue weighted by atomic mass is 79.9. The Kier molecular flexibility index (Phi) is 5.62. The molecule has 1 aromatic carbocycles. The molecule has 5 heteroatoms. The Morgan fingerprint density at radius 1 is 1.50 bits per heavy atom. The average Bonchev–Trinajstić information content (AvgIpc) is 2.28. The van der Waals surface area contributed by atoms with Crippen LogP contribution in [0.1, 0.15) is 30.6 Å². The van der Waals surface area contributed by atoms with Crippen LogP contribution in [0.2, 0.25) is 0 Å². The molecule has 0 heterocycles. The quantitative estimate of drug-likeness (QED) is 0.877. The summed E-state index contributed by atoms with van der Waals surface area (Å²) in [5, 5.41) is 12.1. The molecule has 0 aliphatic heterocycles. The Balaban J connectivity index is 2.77. The van der Waals surface area contributed by atoms with Crippen LogP contribution < -0.4 is 10.1 Å². The molecule has 4 nitrogen and oxygen atoms in total. The summed E-state index contributed by atoms with van der Waals surface area (Å²) < 4.78 is 5.80. The summed E-state index contributed by atoms with van der Waals surface area (Å²) in [5.74, 6) is 0.445. The second-order valence-electron chi connectivity index (χ2n) is 4.31. The highest BCUT2D eigenvalue weighted by molar-refractivity contribution is 9.10. The number of carbonyl (C=O) groups is 1. The number of aliphatic hydroxyl groups excluding tert-OH is 1. The van der Waals surface area contributed by atoms with Crippen LogP contribution >= 0.6 is 15.9 Å². The zero-order valence-electron chi connectivity index (χ0n) is 10.7. The Bertz CT molecular complexity index is 421. The fraction of sp³-hybridized carbons (Fsp3) is 0.462. The number of methoxy groups -OCH3 is 1. The first-order chi connectivity index (χ1) is 8.43. The number of benzene rings is 1. The monoisotopic (exact) mass is 315 g/mol. The lowest BCUT2D eigenvalue weighted by atomic mass is 10.1. The summed E-state index contributed by atoms with van der Waals surface area (Å²) in [6.45, 7) is 3.56. The molecule has 0 bridgehead atoms. The lowest BCUT2D eigenvalue weighted by Crippen LogP contribution is -2.34.